The zero-order chi connectivity index (χ0) is 13.8. The molecule has 1 unspecified atom stereocenters. The fourth-order valence-corrected chi connectivity index (χ4v) is 1.29. The average molecular weight is 255 g/mol. The largest absolute Gasteiger partial charge is 0.478 e. The number of amides is 1. The van der Waals surface area contributed by atoms with Gasteiger partial charge >= 0.3 is 0 Å². The van der Waals surface area contributed by atoms with Crippen LogP contribution in [0.15, 0.2) is 24.3 Å². The van der Waals surface area contributed by atoms with E-state index in [1.54, 1.807) is 20.8 Å². The zero-order valence-corrected chi connectivity index (χ0v) is 10.7. The zero-order valence-electron chi connectivity index (χ0n) is 10.7. The van der Waals surface area contributed by atoms with Gasteiger partial charge in [-0.25, -0.2) is 4.39 Å². The van der Waals surface area contributed by atoms with Gasteiger partial charge in [-0.2, -0.15) is 0 Å². The molecule has 0 fully saturated rings. The van der Waals surface area contributed by atoms with Crippen LogP contribution >= 0.6 is 0 Å². The Balaban J connectivity index is 2.68. The lowest BCUT2D eigenvalue weighted by atomic mass is 10.1. The highest BCUT2D eigenvalue weighted by Gasteiger charge is 2.30. The second-order valence-corrected chi connectivity index (χ2v) is 4.62. The first kappa shape index (κ1) is 14.4. The fraction of sp³-hybridized carbons (Fsp3) is 0.462. The summed E-state index contributed by atoms with van der Waals surface area (Å²) < 4.78 is 18.2. The minimum absolute atomic E-state index is 0.141. The van der Waals surface area contributed by atoms with Gasteiger partial charge in [0.25, 0.3) is 5.91 Å². The van der Waals surface area contributed by atoms with Crippen molar-refractivity contribution < 1.29 is 19.0 Å². The first-order valence-corrected chi connectivity index (χ1v) is 5.71. The Morgan fingerprint density at radius 3 is 2.50 bits per heavy atom. The van der Waals surface area contributed by atoms with E-state index in [0.29, 0.717) is 5.75 Å². The molecule has 5 heteroatoms. The summed E-state index contributed by atoms with van der Waals surface area (Å²) in [5.41, 5.74) is -1.10. The number of nitrogens with one attached hydrogen (secondary N) is 1. The van der Waals surface area contributed by atoms with Crippen LogP contribution in [-0.2, 0) is 4.79 Å². The molecule has 1 amide bonds. The van der Waals surface area contributed by atoms with Gasteiger partial charge in [0.15, 0.2) is 5.60 Å². The molecule has 0 heterocycles. The van der Waals surface area contributed by atoms with Gasteiger partial charge in [0.1, 0.15) is 11.6 Å². The van der Waals surface area contributed by atoms with Crippen LogP contribution in [0.3, 0.4) is 0 Å². The Morgan fingerprint density at radius 1 is 1.44 bits per heavy atom. The maximum absolute atomic E-state index is 12.7. The van der Waals surface area contributed by atoms with Gasteiger partial charge in [0.05, 0.1) is 6.61 Å². The third kappa shape index (κ3) is 4.00. The number of carbonyl (C=O) groups is 1. The van der Waals surface area contributed by atoms with Crippen LogP contribution in [0.25, 0.3) is 0 Å². The summed E-state index contributed by atoms with van der Waals surface area (Å²) in [5.74, 6) is -0.292. The summed E-state index contributed by atoms with van der Waals surface area (Å²) in [7, 11) is 0. The highest BCUT2D eigenvalue weighted by atomic mass is 19.1. The molecular formula is C13H18FNO3. The molecule has 0 aliphatic heterocycles. The SMILES string of the molecule is CC(CO)NC(=O)C(C)(C)Oc1ccc(F)cc1. The number of halogens is 1. The minimum atomic E-state index is -1.10. The molecule has 1 rings (SSSR count). The van der Waals surface area contributed by atoms with Crippen molar-refractivity contribution >= 4 is 5.91 Å². The monoisotopic (exact) mass is 255 g/mol. The molecule has 0 aromatic heterocycles. The van der Waals surface area contributed by atoms with Crippen molar-refractivity contribution in [3.63, 3.8) is 0 Å². The summed E-state index contributed by atoms with van der Waals surface area (Å²) in [5, 5.41) is 11.5. The van der Waals surface area contributed by atoms with Crippen LogP contribution in [0.4, 0.5) is 4.39 Å². The summed E-state index contributed by atoms with van der Waals surface area (Å²) in [6.07, 6.45) is 0. The molecule has 1 aromatic carbocycles. The molecule has 2 N–H and O–H groups in total. The Bertz CT molecular complexity index is 403. The van der Waals surface area contributed by atoms with Crippen LogP contribution in [0.1, 0.15) is 20.8 Å². The van der Waals surface area contributed by atoms with Crippen LogP contribution in [0, 0.1) is 5.82 Å². The molecule has 100 valence electrons. The molecule has 1 atom stereocenters. The number of aliphatic hydroxyl groups excluding tert-OH is 1. The van der Waals surface area contributed by atoms with E-state index in [1.165, 1.54) is 24.3 Å². The van der Waals surface area contributed by atoms with Crippen molar-refractivity contribution in [2.75, 3.05) is 6.61 Å². The van der Waals surface area contributed by atoms with E-state index in [0.717, 1.165) is 0 Å². The van der Waals surface area contributed by atoms with Crippen LogP contribution in [-0.4, -0.2) is 29.3 Å². The molecular weight excluding hydrogens is 237 g/mol. The van der Waals surface area contributed by atoms with Crippen molar-refractivity contribution in [3.8, 4) is 5.75 Å². The molecule has 18 heavy (non-hydrogen) atoms. The van der Waals surface area contributed by atoms with Gasteiger partial charge in [-0.3, -0.25) is 4.79 Å². The van der Waals surface area contributed by atoms with Gasteiger partial charge in [-0.05, 0) is 45.0 Å². The van der Waals surface area contributed by atoms with Crippen molar-refractivity contribution in [1.82, 2.24) is 5.32 Å². The van der Waals surface area contributed by atoms with E-state index >= 15 is 0 Å². The van der Waals surface area contributed by atoms with Gasteiger partial charge in [-0.15, -0.1) is 0 Å². The molecule has 0 radical (unpaired) electrons. The first-order valence-electron chi connectivity index (χ1n) is 5.71. The van der Waals surface area contributed by atoms with Crippen LogP contribution in [0.2, 0.25) is 0 Å². The van der Waals surface area contributed by atoms with E-state index in [9.17, 15) is 9.18 Å². The fourth-order valence-electron chi connectivity index (χ4n) is 1.29. The molecule has 0 spiro atoms. The molecule has 0 saturated heterocycles. The Hall–Kier alpha value is -1.62. The number of carbonyl (C=O) groups excluding carboxylic acids is 1. The van der Waals surface area contributed by atoms with Gasteiger partial charge in [-0.1, -0.05) is 0 Å². The van der Waals surface area contributed by atoms with Crippen molar-refractivity contribution in [2.45, 2.75) is 32.4 Å². The van der Waals surface area contributed by atoms with E-state index < -0.39 is 5.60 Å². The number of hydrogen-bond acceptors (Lipinski definition) is 3. The minimum Gasteiger partial charge on any atom is -0.478 e. The summed E-state index contributed by atoms with van der Waals surface area (Å²) >= 11 is 0. The summed E-state index contributed by atoms with van der Waals surface area (Å²) in [6.45, 7) is 4.76. The summed E-state index contributed by atoms with van der Waals surface area (Å²) in [6, 6.07) is 5.10. The third-order valence-corrected chi connectivity index (χ3v) is 2.38. The molecule has 0 aliphatic rings. The average Bonchev–Trinajstić information content (AvgIpc) is 2.31. The number of aliphatic hydroxyl groups is 1. The van der Waals surface area contributed by atoms with E-state index in [-0.39, 0.29) is 24.4 Å². The lowest BCUT2D eigenvalue weighted by Gasteiger charge is -2.26. The predicted molar refractivity (Wildman–Crippen MR) is 65.8 cm³/mol. The lowest BCUT2D eigenvalue weighted by Crippen LogP contribution is -2.50. The Morgan fingerprint density at radius 2 is 2.00 bits per heavy atom. The molecule has 1 aromatic rings. The standard InChI is InChI=1S/C13H18FNO3/c1-9(8-16)15-12(17)13(2,3)18-11-6-4-10(14)5-7-11/h4-7,9,16H,8H2,1-3H3,(H,15,17). The molecule has 0 bridgehead atoms. The Kier molecular flexibility index (Phi) is 4.67. The van der Waals surface area contributed by atoms with E-state index in [4.69, 9.17) is 9.84 Å². The second kappa shape index (κ2) is 5.82. The van der Waals surface area contributed by atoms with Crippen molar-refractivity contribution in [3.05, 3.63) is 30.1 Å². The number of benzene rings is 1. The molecule has 0 saturated carbocycles. The highest BCUT2D eigenvalue weighted by Crippen LogP contribution is 2.19. The quantitative estimate of drug-likeness (QED) is 0.838. The van der Waals surface area contributed by atoms with Crippen LogP contribution in [0.5, 0.6) is 5.75 Å². The van der Waals surface area contributed by atoms with Gasteiger partial charge in [0.2, 0.25) is 0 Å². The maximum Gasteiger partial charge on any atom is 0.263 e. The van der Waals surface area contributed by atoms with Gasteiger partial charge < -0.3 is 15.2 Å². The third-order valence-electron chi connectivity index (χ3n) is 2.38. The number of ether oxygens (including phenoxy) is 1. The van der Waals surface area contributed by atoms with E-state index in [1.807, 2.05) is 0 Å². The van der Waals surface area contributed by atoms with Crippen molar-refractivity contribution in [2.24, 2.45) is 0 Å². The predicted octanol–water partition coefficient (Wildman–Crippen LogP) is 1.48. The second-order valence-electron chi connectivity index (χ2n) is 4.62. The van der Waals surface area contributed by atoms with E-state index in [2.05, 4.69) is 5.32 Å². The topological polar surface area (TPSA) is 58.6 Å². The first-order chi connectivity index (χ1) is 8.35. The Labute approximate surface area is 106 Å². The van der Waals surface area contributed by atoms with Crippen LogP contribution < -0.4 is 10.1 Å². The highest BCUT2D eigenvalue weighted by molar-refractivity contribution is 5.84. The van der Waals surface area contributed by atoms with Crippen molar-refractivity contribution in [1.29, 1.82) is 0 Å². The lowest BCUT2D eigenvalue weighted by molar-refractivity contribution is -0.135. The smallest absolute Gasteiger partial charge is 0.263 e. The molecule has 0 aliphatic carbocycles. The number of rotatable bonds is 5. The number of hydrogen-bond donors (Lipinski definition) is 2. The summed E-state index contributed by atoms with van der Waals surface area (Å²) in [4.78, 5) is 11.9. The normalized spacial score (nSPS) is 12.9. The maximum atomic E-state index is 12.7. The molecule has 4 nitrogen and oxygen atoms in total. The van der Waals surface area contributed by atoms with Gasteiger partial charge in [0, 0.05) is 6.04 Å².